The first-order chi connectivity index (χ1) is 8.59. The number of rotatable bonds is 3. The van der Waals surface area contributed by atoms with E-state index in [4.69, 9.17) is 0 Å². The SMILES string of the molecule is O=C(Nc1cnns1)c1cccc([N+](=O)[O-])c1Br. The smallest absolute Gasteiger partial charge is 0.284 e. The summed E-state index contributed by atoms with van der Waals surface area (Å²) in [6.45, 7) is 0. The maximum atomic E-state index is 11.9. The number of hydrogen-bond donors (Lipinski definition) is 1. The lowest BCUT2D eigenvalue weighted by molar-refractivity contribution is -0.385. The second-order valence-corrected chi connectivity index (χ2v) is 4.71. The van der Waals surface area contributed by atoms with Gasteiger partial charge in [-0.05, 0) is 22.0 Å². The highest BCUT2D eigenvalue weighted by Crippen LogP contribution is 2.28. The molecule has 7 nitrogen and oxygen atoms in total. The van der Waals surface area contributed by atoms with Gasteiger partial charge in [0, 0.05) is 17.6 Å². The van der Waals surface area contributed by atoms with Crippen molar-refractivity contribution >= 4 is 44.1 Å². The van der Waals surface area contributed by atoms with Crippen molar-refractivity contribution in [2.75, 3.05) is 5.32 Å². The van der Waals surface area contributed by atoms with Gasteiger partial charge in [0.25, 0.3) is 11.6 Å². The van der Waals surface area contributed by atoms with Crippen LogP contribution in [0.4, 0.5) is 10.7 Å². The molecule has 1 amide bonds. The van der Waals surface area contributed by atoms with E-state index in [0.29, 0.717) is 5.00 Å². The van der Waals surface area contributed by atoms with Crippen molar-refractivity contribution in [3.05, 3.63) is 44.5 Å². The molecule has 0 spiro atoms. The molecule has 1 N–H and O–H groups in total. The quantitative estimate of drug-likeness (QED) is 0.689. The highest BCUT2D eigenvalue weighted by Gasteiger charge is 2.19. The molecule has 0 atom stereocenters. The predicted molar refractivity (Wildman–Crippen MR) is 68.7 cm³/mol. The third-order valence-corrected chi connectivity index (χ3v) is 3.43. The molecular weight excluding hydrogens is 324 g/mol. The van der Waals surface area contributed by atoms with Gasteiger partial charge in [-0.1, -0.05) is 10.6 Å². The number of carbonyl (C=O) groups is 1. The van der Waals surface area contributed by atoms with Gasteiger partial charge in [0.15, 0.2) is 0 Å². The van der Waals surface area contributed by atoms with Crippen LogP contribution < -0.4 is 5.32 Å². The largest absolute Gasteiger partial charge is 0.311 e. The molecule has 0 radical (unpaired) electrons. The molecule has 1 aromatic heterocycles. The van der Waals surface area contributed by atoms with Crippen LogP contribution in [0.25, 0.3) is 0 Å². The average Bonchev–Trinajstić information content (AvgIpc) is 2.81. The number of nitro groups is 1. The molecule has 9 heteroatoms. The first kappa shape index (κ1) is 12.6. The van der Waals surface area contributed by atoms with Crippen LogP contribution in [-0.4, -0.2) is 20.4 Å². The Bertz CT molecular complexity index is 602. The van der Waals surface area contributed by atoms with E-state index < -0.39 is 10.8 Å². The molecule has 0 aliphatic carbocycles. The summed E-state index contributed by atoms with van der Waals surface area (Å²) in [6.07, 6.45) is 1.40. The number of carbonyl (C=O) groups excluding carboxylic acids is 1. The van der Waals surface area contributed by atoms with Crippen LogP contribution in [-0.2, 0) is 0 Å². The van der Waals surface area contributed by atoms with Crippen LogP contribution in [0, 0.1) is 10.1 Å². The van der Waals surface area contributed by atoms with Gasteiger partial charge in [0.2, 0.25) is 0 Å². The van der Waals surface area contributed by atoms with Crippen LogP contribution in [0.5, 0.6) is 0 Å². The van der Waals surface area contributed by atoms with E-state index in [1.54, 1.807) is 0 Å². The van der Waals surface area contributed by atoms with Crippen molar-refractivity contribution in [3.63, 3.8) is 0 Å². The maximum Gasteiger partial charge on any atom is 0.284 e. The van der Waals surface area contributed by atoms with Crippen LogP contribution in [0.2, 0.25) is 0 Å². The van der Waals surface area contributed by atoms with Gasteiger partial charge < -0.3 is 5.32 Å². The molecule has 92 valence electrons. The molecule has 0 fully saturated rings. The van der Waals surface area contributed by atoms with Crippen LogP contribution in [0.15, 0.2) is 28.9 Å². The second-order valence-electron chi connectivity index (χ2n) is 3.13. The van der Waals surface area contributed by atoms with Crippen molar-refractivity contribution in [2.45, 2.75) is 0 Å². The van der Waals surface area contributed by atoms with Gasteiger partial charge in [-0.2, -0.15) is 0 Å². The number of amides is 1. The van der Waals surface area contributed by atoms with Crippen molar-refractivity contribution in [3.8, 4) is 0 Å². The third-order valence-electron chi connectivity index (χ3n) is 2.02. The van der Waals surface area contributed by atoms with E-state index in [9.17, 15) is 14.9 Å². The Morgan fingerprint density at radius 1 is 1.50 bits per heavy atom. The van der Waals surface area contributed by atoms with Crippen molar-refractivity contribution in [2.24, 2.45) is 0 Å². The lowest BCUT2D eigenvalue weighted by atomic mass is 10.2. The summed E-state index contributed by atoms with van der Waals surface area (Å²) >= 11 is 4.08. The molecule has 0 aliphatic heterocycles. The Balaban J connectivity index is 2.31. The minimum Gasteiger partial charge on any atom is -0.311 e. The van der Waals surface area contributed by atoms with E-state index in [2.05, 4.69) is 30.8 Å². The highest BCUT2D eigenvalue weighted by atomic mass is 79.9. The fourth-order valence-electron chi connectivity index (χ4n) is 1.24. The molecule has 18 heavy (non-hydrogen) atoms. The van der Waals surface area contributed by atoms with Gasteiger partial charge in [-0.3, -0.25) is 14.9 Å². The first-order valence-corrected chi connectivity index (χ1v) is 6.18. The number of nitrogens with one attached hydrogen (secondary N) is 1. The molecule has 2 aromatic rings. The fourth-order valence-corrected chi connectivity index (χ4v) is 2.24. The van der Waals surface area contributed by atoms with E-state index >= 15 is 0 Å². The topological polar surface area (TPSA) is 98.0 Å². The molecule has 0 unspecified atom stereocenters. The molecule has 1 heterocycles. The minimum absolute atomic E-state index is 0.143. The summed E-state index contributed by atoms with van der Waals surface area (Å²) in [7, 11) is 0. The number of anilines is 1. The van der Waals surface area contributed by atoms with Crippen LogP contribution >= 0.6 is 27.5 Å². The summed E-state index contributed by atoms with van der Waals surface area (Å²) in [5, 5.41) is 17.3. The lowest BCUT2D eigenvalue weighted by Crippen LogP contribution is -2.12. The van der Waals surface area contributed by atoms with E-state index in [-0.39, 0.29) is 15.7 Å². The average molecular weight is 329 g/mol. The Morgan fingerprint density at radius 2 is 2.28 bits per heavy atom. The molecule has 0 bridgehead atoms. The Labute approximate surface area is 113 Å². The number of aromatic nitrogens is 2. The number of hydrogen-bond acceptors (Lipinski definition) is 6. The fraction of sp³-hybridized carbons (Fsp3) is 0. The summed E-state index contributed by atoms with van der Waals surface area (Å²) in [6, 6.07) is 4.25. The standard InChI is InChI=1S/C9H5BrN4O3S/c10-8-5(2-1-3-6(8)14(16)17)9(15)12-7-4-11-13-18-7/h1-4H,(H,12,15). The van der Waals surface area contributed by atoms with Gasteiger partial charge in [0.1, 0.15) is 9.47 Å². The number of benzene rings is 1. The van der Waals surface area contributed by atoms with Crippen molar-refractivity contribution < 1.29 is 9.72 Å². The minimum atomic E-state index is -0.560. The van der Waals surface area contributed by atoms with E-state index in [1.165, 1.54) is 24.4 Å². The van der Waals surface area contributed by atoms with Crippen LogP contribution in [0.1, 0.15) is 10.4 Å². The molecule has 2 rings (SSSR count). The maximum absolute atomic E-state index is 11.9. The summed E-state index contributed by atoms with van der Waals surface area (Å²) in [4.78, 5) is 22.1. The second kappa shape index (κ2) is 5.19. The highest BCUT2D eigenvalue weighted by molar-refractivity contribution is 9.10. The first-order valence-electron chi connectivity index (χ1n) is 4.61. The summed E-state index contributed by atoms with van der Waals surface area (Å²) in [5.41, 5.74) is 0.0164. The summed E-state index contributed by atoms with van der Waals surface area (Å²) < 4.78 is 3.74. The molecule has 1 aromatic carbocycles. The zero-order valence-electron chi connectivity index (χ0n) is 8.66. The lowest BCUT2D eigenvalue weighted by Gasteiger charge is -2.04. The van der Waals surface area contributed by atoms with Gasteiger partial charge >= 0.3 is 0 Å². The zero-order valence-corrected chi connectivity index (χ0v) is 11.1. The Kier molecular flexibility index (Phi) is 3.63. The van der Waals surface area contributed by atoms with Gasteiger partial charge in [-0.15, -0.1) is 5.10 Å². The Morgan fingerprint density at radius 3 is 2.89 bits per heavy atom. The van der Waals surface area contributed by atoms with Crippen LogP contribution in [0.3, 0.4) is 0 Å². The Hall–Kier alpha value is -1.87. The normalized spacial score (nSPS) is 10.1. The third kappa shape index (κ3) is 2.51. The number of nitrogens with zero attached hydrogens (tertiary/aromatic N) is 3. The van der Waals surface area contributed by atoms with E-state index in [0.717, 1.165) is 11.5 Å². The van der Waals surface area contributed by atoms with Gasteiger partial charge in [0.05, 0.1) is 16.7 Å². The molecular formula is C9H5BrN4O3S. The predicted octanol–water partition coefficient (Wildman–Crippen LogP) is 2.46. The monoisotopic (exact) mass is 328 g/mol. The number of nitro benzene ring substituents is 1. The molecule has 0 saturated carbocycles. The molecule has 0 saturated heterocycles. The van der Waals surface area contributed by atoms with Crippen molar-refractivity contribution in [1.82, 2.24) is 9.59 Å². The van der Waals surface area contributed by atoms with Crippen molar-refractivity contribution in [1.29, 1.82) is 0 Å². The number of halogens is 1. The molecule has 0 aliphatic rings. The summed E-state index contributed by atoms with van der Waals surface area (Å²) in [5.74, 6) is -0.461. The zero-order chi connectivity index (χ0) is 13.1. The van der Waals surface area contributed by atoms with E-state index in [1.807, 2.05) is 0 Å². The van der Waals surface area contributed by atoms with Gasteiger partial charge in [-0.25, -0.2) is 0 Å².